The van der Waals surface area contributed by atoms with Crippen molar-refractivity contribution in [1.29, 1.82) is 0 Å². The molecule has 1 atom stereocenters. The van der Waals surface area contributed by atoms with Gasteiger partial charge in [0.25, 0.3) is 0 Å². The summed E-state index contributed by atoms with van der Waals surface area (Å²) in [7, 11) is 0. The van der Waals surface area contributed by atoms with E-state index in [0.717, 1.165) is 5.56 Å². The van der Waals surface area contributed by atoms with Crippen molar-refractivity contribution >= 4 is 52.4 Å². The van der Waals surface area contributed by atoms with Crippen LogP contribution in [0.25, 0.3) is 0 Å². The molecule has 2 aromatic rings. The van der Waals surface area contributed by atoms with E-state index in [2.05, 4.69) is 10.6 Å². The lowest BCUT2D eigenvalue weighted by Crippen LogP contribution is -2.44. The van der Waals surface area contributed by atoms with Gasteiger partial charge in [0.15, 0.2) is 0 Å². The van der Waals surface area contributed by atoms with Crippen LogP contribution in [-0.2, 0) is 4.79 Å². The highest BCUT2D eigenvalue weighted by Gasteiger charge is 2.20. The van der Waals surface area contributed by atoms with Gasteiger partial charge in [0.1, 0.15) is 6.54 Å². The fourth-order valence-electron chi connectivity index (χ4n) is 2.48. The monoisotopic (exact) mass is 427 g/mol. The van der Waals surface area contributed by atoms with Crippen molar-refractivity contribution in [2.75, 3.05) is 18.4 Å². The Bertz CT molecular complexity index is 809. The lowest BCUT2D eigenvalue weighted by molar-refractivity contribution is -0.116. The molecule has 0 saturated heterocycles. The van der Waals surface area contributed by atoms with Gasteiger partial charge in [-0.25, -0.2) is 4.79 Å². The maximum absolute atomic E-state index is 12.5. The van der Waals surface area contributed by atoms with Crippen LogP contribution in [0.3, 0.4) is 0 Å². The number of para-hydroxylation sites is 1. The maximum atomic E-state index is 12.5. The molecule has 0 aliphatic heterocycles. The Morgan fingerprint density at radius 1 is 1.00 bits per heavy atom. The van der Waals surface area contributed by atoms with Gasteiger partial charge in [0.2, 0.25) is 5.91 Å². The molecule has 3 amide bonds. The average molecular weight is 429 g/mol. The summed E-state index contributed by atoms with van der Waals surface area (Å²) in [5.74, 6) is -0.396. The Kier molecular flexibility index (Phi) is 7.78. The van der Waals surface area contributed by atoms with Crippen molar-refractivity contribution in [3.8, 4) is 0 Å². The molecule has 2 rings (SSSR count). The van der Waals surface area contributed by atoms with Gasteiger partial charge in [-0.05, 0) is 37.6 Å². The number of likely N-dealkylation sites (N-methyl/N-ethyl adjacent to an activating group) is 1. The van der Waals surface area contributed by atoms with E-state index >= 15 is 0 Å². The summed E-state index contributed by atoms with van der Waals surface area (Å²) in [4.78, 5) is 26.2. The molecule has 0 heterocycles. The molecular weight excluding hydrogens is 409 g/mol. The van der Waals surface area contributed by atoms with E-state index in [1.165, 1.54) is 4.90 Å². The van der Waals surface area contributed by atoms with Gasteiger partial charge in [-0.1, -0.05) is 59.1 Å². The predicted octanol–water partition coefficient (Wildman–Crippen LogP) is 5.38. The van der Waals surface area contributed by atoms with Crippen molar-refractivity contribution < 1.29 is 9.59 Å². The first kappa shape index (κ1) is 21.4. The summed E-state index contributed by atoms with van der Waals surface area (Å²) in [5.41, 5.74) is 1.13. The number of hydrogen-bond acceptors (Lipinski definition) is 2. The number of urea groups is 1. The molecule has 0 aromatic heterocycles. The van der Waals surface area contributed by atoms with Crippen molar-refractivity contribution in [2.45, 2.75) is 19.9 Å². The van der Waals surface area contributed by atoms with E-state index < -0.39 is 5.91 Å². The molecule has 144 valence electrons. The quantitative estimate of drug-likeness (QED) is 0.649. The first-order valence-corrected chi connectivity index (χ1v) is 9.50. The third-order valence-electron chi connectivity index (χ3n) is 3.94. The zero-order valence-corrected chi connectivity index (χ0v) is 17.2. The molecule has 0 bridgehead atoms. The van der Waals surface area contributed by atoms with E-state index in [-0.39, 0.29) is 18.6 Å². The molecule has 0 aliphatic carbocycles. The van der Waals surface area contributed by atoms with E-state index in [1.54, 1.807) is 31.2 Å². The fraction of sp³-hybridized carbons (Fsp3) is 0.263. The molecule has 5 nitrogen and oxygen atoms in total. The second kappa shape index (κ2) is 9.83. The molecule has 0 fully saturated rings. The Balaban J connectivity index is 2.00. The fourth-order valence-corrected chi connectivity index (χ4v) is 3.27. The van der Waals surface area contributed by atoms with Crippen LogP contribution in [0.4, 0.5) is 10.5 Å². The third-order valence-corrected chi connectivity index (χ3v) is 4.92. The van der Waals surface area contributed by atoms with Gasteiger partial charge in [-0.15, -0.1) is 0 Å². The summed E-state index contributed by atoms with van der Waals surface area (Å²) in [6, 6.07) is 11.5. The largest absolute Gasteiger partial charge is 0.331 e. The number of benzene rings is 2. The lowest BCUT2D eigenvalue weighted by atomic mass is 10.1. The highest BCUT2D eigenvalue weighted by molar-refractivity contribution is 6.39. The van der Waals surface area contributed by atoms with Gasteiger partial charge >= 0.3 is 6.03 Å². The van der Waals surface area contributed by atoms with Gasteiger partial charge in [-0.2, -0.15) is 0 Å². The van der Waals surface area contributed by atoms with Gasteiger partial charge in [0.05, 0.1) is 21.8 Å². The summed E-state index contributed by atoms with van der Waals surface area (Å²) in [5, 5.41) is 6.72. The number of rotatable bonds is 6. The second-order valence-corrected chi connectivity index (χ2v) is 7.07. The Morgan fingerprint density at radius 2 is 1.59 bits per heavy atom. The van der Waals surface area contributed by atoms with Crippen LogP contribution in [0, 0.1) is 0 Å². The molecule has 27 heavy (non-hydrogen) atoms. The minimum Gasteiger partial charge on any atom is -0.331 e. The summed E-state index contributed by atoms with van der Waals surface area (Å²) in [6.45, 7) is 3.83. The van der Waals surface area contributed by atoms with Crippen LogP contribution in [0.15, 0.2) is 42.5 Å². The molecular formula is C19H20Cl3N3O2. The molecule has 0 spiro atoms. The van der Waals surface area contributed by atoms with Gasteiger partial charge < -0.3 is 15.5 Å². The average Bonchev–Trinajstić information content (AvgIpc) is 2.63. The predicted molar refractivity (Wildman–Crippen MR) is 111 cm³/mol. The standard InChI is InChI=1S/C19H20Cl3N3O2/c1-3-25(11-17(26)24-18-15(21)9-6-10-16(18)22)19(27)23-12(2)13-7-4-5-8-14(13)20/h4-10,12H,3,11H2,1-2H3,(H,23,27)(H,24,26). The first-order valence-electron chi connectivity index (χ1n) is 8.37. The van der Waals surface area contributed by atoms with Crippen molar-refractivity contribution in [3.63, 3.8) is 0 Å². The van der Waals surface area contributed by atoms with Crippen molar-refractivity contribution in [2.24, 2.45) is 0 Å². The zero-order valence-electron chi connectivity index (χ0n) is 14.9. The Hall–Kier alpha value is -1.95. The SMILES string of the molecule is CCN(CC(=O)Nc1c(Cl)cccc1Cl)C(=O)NC(C)c1ccccc1Cl. The molecule has 2 N–H and O–H groups in total. The maximum Gasteiger partial charge on any atom is 0.318 e. The summed E-state index contributed by atoms with van der Waals surface area (Å²) >= 11 is 18.3. The van der Waals surface area contributed by atoms with Crippen LogP contribution >= 0.6 is 34.8 Å². The number of halogens is 3. The number of nitrogens with one attached hydrogen (secondary N) is 2. The molecule has 1 unspecified atom stereocenters. The minimum atomic E-state index is -0.396. The van der Waals surface area contributed by atoms with Gasteiger partial charge in [0, 0.05) is 11.6 Å². The summed E-state index contributed by atoms with van der Waals surface area (Å²) < 4.78 is 0. The van der Waals surface area contributed by atoms with Crippen LogP contribution < -0.4 is 10.6 Å². The van der Waals surface area contributed by atoms with Crippen LogP contribution in [-0.4, -0.2) is 29.9 Å². The van der Waals surface area contributed by atoms with Crippen molar-refractivity contribution in [3.05, 3.63) is 63.1 Å². The Morgan fingerprint density at radius 3 is 2.19 bits per heavy atom. The normalized spacial score (nSPS) is 11.6. The van der Waals surface area contributed by atoms with Crippen LogP contribution in [0.2, 0.25) is 15.1 Å². The zero-order chi connectivity index (χ0) is 20.0. The smallest absolute Gasteiger partial charge is 0.318 e. The van der Waals surface area contributed by atoms with E-state index in [4.69, 9.17) is 34.8 Å². The number of anilines is 1. The number of amides is 3. The highest BCUT2D eigenvalue weighted by atomic mass is 35.5. The molecule has 0 radical (unpaired) electrons. The van der Waals surface area contributed by atoms with Gasteiger partial charge in [-0.3, -0.25) is 4.79 Å². The Labute approximate surface area is 173 Å². The van der Waals surface area contributed by atoms with Crippen LogP contribution in [0.5, 0.6) is 0 Å². The third kappa shape index (κ3) is 5.76. The van der Waals surface area contributed by atoms with Crippen molar-refractivity contribution in [1.82, 2.24) is 10.2 Å². The van der Waals surface area contributed by atoms with E-state index in [9.17, 15) is 9.59 Å². The molecule has 8 heteroatoms. The van der Waals surface area contributed by atoms with E-state index in [0.29, 0.717) is 27.3 Å². The number of hydrogen-bond donors (Lipinski definition) is 2. The number of nitrogens with zero attached hydrogens (tertiary/aromatic N) is 1. The minimum absolute atomic E-state index is 0.140. The number of carbonyl (C=O) groups excluding carboxylic acids is 2. The molecule has 2 aromatic carbocycles. The number of carbonyl (C=O) groups is 2. The van der Waals surface area contributed by atoms with Crippen LogP contribution in [0.1, 0.15) is 25.5 Å². The molecule has 0 aliphatic rings. The lowest BCUT2D eigenvalue weighted by Gasteiger charge is -2.24. The second-order valence-electron chi connectivity index (χ2n) is 5.85. The molecule has 0 saturated carbocycles. The first-order chi connectivity index (χ1) is 12.8. The van der Waals surface area contributed by atoms with E-state index in [1.807, 2.05) is 25.1 Å². The topological polar surface area (TPSA) is 61.4 Å². The summed E-state index contributed by atoms with van der Waals surface area (Å²) in [6.07, 6.45) is 0. The highest BCUT2D eigenvalue weighted by Crippen LogP contribution is 2.29.